The molecule has 0 saturated carbocycles. The van der Waals surface area contributed by atoms with Crippen LogP contribution < -0.4 is 20.3 Å². The minimum Gasteiger partial charge on any atom is -0.353 e. The summed E-state index contributed by atoms with van der Waals surface area (Å²) in [4.78, 5) is 19.6. The number of aryl methyl sites for hydroxylation is 2. The first-order valence-corrected chi connectivity index (χ1v) is 12.1. The fraction of sp³-hybridized carbons (Fsp3) is 0.455. The first kappa shape index (κ1) is 23.0. The summed E-state index contributed by atoms with van der Waals surface area (Å²) in [6, 6.07) is 6.57. The molecule has 1 saturated heterocycles. The van der Waals surface area contributed by atoms with E-state index in [2.05, 4.69) is 27.3 Å². The molecule has 0 atom stereocenters. The van der Waals surface area contributed by atoms with Crippen molar-refractivity contribution in [3.05, 3.63) is 47.2 Å². The van der Waals surface area contributed by atoms with Crippen LogP contribution in [0.4, 0.5) is 11.5 Å². The van der Waals surface area contributed by atoms with E-state index < -0.39 is 10.0 Å². The number of hydrogen-bond acceptors (Lipinski definition) is 6. The molecule has 8 nitrogen and oxygen atoms in total. The van der Waals surface area contributed by atoms with Crippen molar-refractivity contribution in [2.45, 2.75) is 38.5 Å². The number of amides is 1. The molecule has 31 heavy (non-hydrogen) atoms. The lowest BCUT2D eigenvalue weighted by atomic mass is 10.1. The summed E-state index contributed by atoms with van der Waals surface area (Å²) in [6.07, 6.45) is 3.32. The van der Waals surface area contributed by atoms with Crippen molar-refractivity contribution in [1.82, 2.24) is 15.6 Å². The Morgan fingerprint density at radius 3 is 2.58 bits per heavy atom. The van der Waals surface area contributed by atoms with E-state index in [1.54, 1.807) is 24.3 Å². The van der Waals surface area contributed by atoms with Gasteiger partial charge in [-0.25, -0.2) is 13.4 Å². The number of benzene rings is 1. The molecule has 0 radical (unpaired) electrons. The molecule has 0 aliphatic carbocycles. The van der Waals surface area contributed by atoms with Crippen LogP contribution in [0.3, 0.4) is 0 Å². The van der Waals surface area contributed by atoms with Gasteiger partial charge in [0.05, 0.1) is 22.3 Å². The molecule has 3 rings (SSSR count). The normalized spacial score (nSPS) is 14.4. The monoisotopic (exact) mass is 445 g/mol. The Balaban J connectivity index is 1.90. The maximum absolute atomic E-state index is 12.9. The topological polar surface area (TPSA) is 103 Å². The summed E-state index contributed by atoms with van der Waals surface area (Å²) in [5.41, 5.74) is 2.55. The van der Waals surface area contributed by atoms with Crippen molar-refractivity contribution in [2.24, 2.45) is 0 Å². The van der Waals surface area contributed by atoms with Crippen LogP contribution in [-0.4, -0.2) is 52.0 Å². The van der Waals surface area contributed by atoms with Crippen LogP contribution in [0.2, 0.25) is 0 Å². The van der Waals surface area contributed by atoms with Crippen LogP contribution in [0.15, 0.2) is 35.4 Å². The summed E-state index contributed by atoms with van der Waals surface area (Å²) in [7, 11) is -3.80. The summed E-state index contributed by atoms with van der Waals surface area (Å²) in [5, 5.41) is 6.20. The maximum atomic E-state index is 12.9. The molecule has 1 aliphatic rings. The molecular formula is C22H31N5O3S. The number of anilines is 2. The van der Waals surface area contributed by atoms with Gasteiger partial charge in [0.25, 0.3) is 15.9 Å². The van der Waals surface area contributed by atoms with E-state index >= 15 is 0 Å². The molecule has 1 fully saturated rings. The number of hydrogen-bond donors (Lipinski definition) is 3. The van der Waals surface area contributed by atoms with Gasteiger partial charge in [0.1, 0.15) is 5.82 Å². The smallest absolute Gasteiger partial charge is 0.261 e. The Morgan fingerprint density at radius 1 is 1.16 bits per heavy atom. The van der Waals surface area contributed by atoms with Crippen molar-refractivity contribution in [1.29, 1.82) is 0 Å². The van der Waals surface area contributed by atoms with Crippen molar-refractivity contribution >= 4 is 27.4 Å². The predicted molar refractivity (Wildman–Crippen MR) is 123 cm³/mol. The fourth-order valence-corrected chi connectivity index (χ4v) is 4.50. The molecule has 1 aromatic carbocycles. The van der Waals surface area contributed by atoms with E-state index in [1.165, 1.54) is 6.20 Å². The molecule has 0 spiro atoms. The van der Waals surface area contributed by atoms with Crippen LogP contribution >= 0.6 is 0 Å². The highest BCUT2D eigenvalue weighted by molar-refractivity contribution is 7.92. The number of aromatic nitrogens is 1. The minimum absolute atomic E-state index is 0.177. The zero-order valence-electron chi connectivity index (χ0n) is 18.4. The Morgan fingerprint density at radius 2 is 1.90 bits per heavy atom. The maximum Gasteiger partial charge on any atom is 0.261 e. The van der Waals surface area contributed by atoms with E-state index in [4.69, 9.17) is 0 Å². The molecule has 1 aliphatic heterocycles. The second-order valence-electron chi connectivity index (χ2n) is 7.79. The first-order chi connectivity index (χ1) is 14.8. The molecule has 0 bridgehead atoms. The Labute approximate surface area is 184 Å². The molecular weight excluding hydrogens is 414 g/mol. The molecule has 168 valence electrons. The Bertz CT molecular complexity index is 1030. The highest BCUT2D eigenvalue weighted by Gasteiger charge is 2.22. The van der Waals surface area contributed by atoms with Gasteiger partial charge in [-0.1, -0.05) is 19.4 Å². The highest BCUT2D eigenvalue weighted by Crippen LogP contribution is 2.24. The second kappa shape index (κ2) is 10.1. The lowest BCUT2D eigenvalue weighted by Crippen LogP contribution is -2.44. The van der Waals surface area contributed by atoms with E-state index in [0.29, 0.717) is 17.9 Å². The van der Waals surface area contributed by atoms with Crippen LogP contribution in [0, 0.1) is 13.8 Å². The van der Waals surface area contributed by atoms with Gasteiger partial charge < -0.3 is 15.5 Å². The van der Waals surface area contributed by atoms with Crippen molar-refractivity contribution in [2.75, 3.05) is 42.3 Å². The van der Waals surface area contributed by atoms with Crippen LogP contribution in [0.25, 0.3) is 0 Å². The van der Waals surface area contributed by atoms with Gasteiger partial charge in [-0.3, -0.25) is 9.52 Å². The number of carbonyl (C=O) groups excluding carboxylic acids is 1. The van der Waals surface area contributed by atoms with Crippen LogP contribution in [0.5, 0.6) is 0 Å². The van der Waals surface area contributed by atoms with E-state index in [1.807, 2.05) is 18.7 Å². The zero-order chi connectivity index (χ0) is 22.4. The van der Waals surface area contributed by atoms with Gasteiger partial charge in [-0.2, -0.15) is 0 Å². The number of unbranched alkanes of at least 4 members (excludes halogenated alkanes) is 1. The fourth-order valence-electron chi connectivity index (χ4n) is 3.38. The minimum atomic E-state index is -3.80. The van der Waals surface area contributed by atoms with Crippen molar-refractivity contribution in [3.63, 3.8) is 0 Å². The quantitative estimate of drug-likeness (QED) is 0.539. The Kier molecular flexibility index (Phi) is 7.50. The number of sulfonamides is 1. The zero-order valence-corrected chi connectivity index (χ0v) is 19.2. The Hall–Kier alpha value is -2.65. The van der Waals surface area contributed by atoms with Crippen molar-refractivity contribution < 1.29 is 13.2 Å². The molecule has 1 amide bonds. The number of nitrogens with zero attached hydrogens (tertiary/aromatic N) is 2. The molecule has 1 aromatic heterocycles. The second-order valence-corrected chi connectivity index (χ2v) is 9.48. The summed E-state index contributed by atoms with van der Waals surface area (Å²) in [6.45, 7) is 9.50. The van der Waals surface area contributed by atoms with Crippen molar-refractivity contribution in [3.8, 4) is 0 Å². The highest BCUT2D eigenvalue weighted by atomic mass is 32.2. The lowest BCUT2D eigenvalue weighted by molar-refractivity contribution is 0.0953. The van der Waals surface area contributed by atoms with Gasteiger partial charge in [-0.15, -0.1) is 0 Å². The average molecular weight is 446 g/mol. The summed E-state index contributed by atoms with van der Waals surface area (Å²) >= 11 is 0. The SMILES string of the molecule is CCCCNC(=O)c1cc(NS(=O)(=O)c2ccc(C)c(C)c2)cnc1N1CCNCC1. The number of pyridine rings is 1. The van der Waals surface area contributed by atoms with Gasteiger partial charge in [0.2, 0.25) is 0 Å². The van der Waals surface area contributed by atoms with Gasteiger partial charge in [0, 0.05) is 32.7 Å². The van der Waals surface area contributed by atoms with Gasteiger partial charge in [0.15, 0.2) is 0 Å². The van der Waals surface area contributed by atoms with E-state index in [9.17, 15) is 13.2 Å². The number of nitrogens with one attached hydrogen (secondary N) is 3. The number of rotatable bonds is 8. The van der Waals surface area contributed by atoms with E-state index in [-0.39, 0.29) is 16.5 Å². The number of piperazine rings is 1. The third-order valence-corrected chi connectivity index (χ3v) is 6.76. The molecule has 0 unspecified atom stereocenters. The van der Waals surface area contributed by atoms with Crippen LogP contribution in [0.1, 0.15) is 41.3 Å². The van der Waals surface area contributed by atoms with Crippen LogP contribution in [-0.2, 0) is 10.0 Å². The predicted octanol–water partition coefficient (Wildman–Crippen LogP) is 2.44. The molecule has 3 N–H and O–H groups in total. The third-order valence-electron chi connectivity index (χ3n) is 5.38. The average Bonchev–Trinajstić information content (AvgIpc) is 2.76. The number of carbonyl (C=O) groups is 1. The standard InChI is InChI=1S/C22H31N5O3S/c1-4-5-8-24-22(28)20-14-18(15-25-21(20)27-11-9-23-10-12-27)26-31(29,30)19-7-6-16(2)17(3)13-19/h6-7,13-15,23,26H,4-5,8-12H2,1-3H3,(H,24,28). The summed E-state index contributed by atoms with van der Waals surface area (Å²) in [5.74, 6) is 0.325. The first-order valence-electron chi connectivity index (χ1n) is 10.7. The molecule has 9 heteroatoms. The molecule has 2 heterocycles. The third kappa shape index (κ3) is 5.74. The lowest BCUT2D eigenvalue weighted by Gasteiger charge is -2.30. The largest absolute Gasteiger partial charge is 0.353 e. The van der Waals surface area contributed by atoms with Gasteiger partial charge in [-0.05, 0) is 49.6 Å². The molecule has 2 aromatic rings. The summed E-state index contributed by atoms with van der Waals surface area (Å²) < 4.78 is 28.3. The van der Waals surface area contributed by atoms with Gasteiger partial charge >= 0.3 is 0 Å². The van der Waals surface area contributed by atoms with E-state index in [0.717, 1.165) is 50.1 Å².